The molecule has 1 aromatic heterocycles. The third-order valence-electron chi connectivity index (χ3n) is 4.21. The van der Waals surface area contributed by atoms with Gasteiger partial charge in [-0.15, -0.1) is 0 Å². The first kappa shape index (κ1) is 18.2. The quantitative estimate of drug-likeness (QED) is 0.896. The molecule has 0 spiro atoms. The van der Waals surface area contributed by atoms with E-state index in [1.807, 2.05) is 19.9 Å². The van der Waals surface area contributed by atoms with E-state index < -0.39 is 15.9 Å². The van der Waals surface area contributed by atoms with Gasteiger partial charge in [0.15, 0.2) is 0 Å². The van der Waals surface area contributed by atoms with E-state index in [0.29, 0.717) is 17.5 Å². The van der Waals surface area contributed by atoms with E-state index in [2.05, 4.69) is 9.82 Å². The van der Waals surface area contributed by atoms with Gasteiger partial charge in [0.1, 0.15) is 0 Å². The molecule has 0 aliphatic heterocycles. The van der Waals surface area contributed by atoms with Gasteiger partial charge in [0, 0.05) is 19.7 Å². The molecule has 0 saturated heterocycles. The minimum atomic E-state index is -3.89. The number of aromatic nitrogens is 2. The van der Waals surface area contributed by atoms with Crippen molar-refractivity contribution in [1.82, 2.24) is 14.5 Å². The molecular formula is C17H23N3O3S. The molecule has 0 bridgehead atoms. The summed E-state index contributed by atoms with van der Waals surface area (Å²) in [6.45, 7) is 7.25. The van der Waals surface area contributed by atoms with Crippen LogP contribution in [-0.2, 0) is 28.3 Å². The highest BCUT2D eigenvalue weighted by molar-refractivity contribution is 7.90. The maximum atomic E-state index is 12.7. The summed E-state index contributed by atoms with van der Waals surface area (Å²) in [7, 11) is -2.09. The fourth-order valence-electron chi connectivity index (χ4n) is 2.69. The molecule has 130 valence electrons. The number of carbonyl (C=O) groups is 1. The molecule has 1 amide bonds. The van der Waals surface area contributed by atoms with Gasteiger partial charge in [-0.05, 0) is 61.9 Å². The van der Waals surface area contributed by atoms with Gasteiger partial charge in [0.25, 0.3) is 10.0 Å². The lowest BCUT2D eigenvalue weighted by Crippen LogP contribution is -2.32. The maximum absolute atomic E-state index is 12.7. The lowest BCUT2D eigenvalue weighted by molar-refractivity contribution is -0.119. The fraction of sp³-hybridized carbons (Fsp3) is 0.412. The fourth-order valence-corrected chi connectivity index (χ4v) is 4.33. The van der Waals surface area contributed by atoms with Crippen LogP contribution >= 0.6 is 0 Å². The van der Waals surface area contributed by atoms with Gasteiger partial charge in [-0.2, -0.15) is 5.10 Å². The second-order valence-electron chi connectivity index (χ2n) is 6.14. The van der Waals surface area contributed by atoms with Crippen molar-refractivity contribution in [3.8, 4) is 0 Å². The van der Waals surface area contributed by atoms with E-state index in [4.69, 9.17) is 0 Å². The first-order chi connectivity index (χ1) is 11.1. The Morgan fingerprint density at radius 2 is 1.75 bits per heavy atom. The van der Waals surface area contributed by atoms with Gasteiger partial charge in [0.2, 0.25) is 5.91 Å². The van der Waals surface area contributed by atoms with Crippen molar-refractivity contribution in [1.29, 1.82) is 0 Å². The zero-order chi connectivity index (χ0) is 18.1. The molecule has 1 N–H and O–H groups in total. The summed E-state index contributed by atoms with van der Waals surface area (Å²) in [5, 5.41) is 4.03. The van der Waals surface area contributed by atoms with Crippen LogP contribution in [0.4, 0.5) is 0 Å². The van der Waals surface area contributed by atoms with Crippen LogP contribution in [0.25, 0.3) is 0 Å². The van der Waals surface area contributed by atoms with Crippen LogP contribution in [0.5, 0.6) is 0 Å². The molecule has 2 aromatic rings. The molecule has 0 aliphatic carbocycles. The summed E-state index contributed by atoms with van der Waals surface area (Å²) in [5.41, 5.74) is 4.02. The van der Waals surface area contributed by atoms with Crippen LogP contribution in [-0.4, -0.2) is 24.1 Å². The van der Waals surface area contributed by atoms with Crippen molar-refractivity contribution in [2.75, 3.05) is 0 Å². The van der Waals surface area contributed by atoms with Gasteiger partial charge < -0.3 is 0 Å². The highest BCUT2D eigenvalue weighted by Crippen LogP contribution is 2.25. The number of nitrogens with zero attached hydrogens (tertiary/aromatic N) is 2. The molecule has 24 heavy (non-hydrogen) atoms. The Balaban J connectivity index is 2.18. The molecule has 0 radical (unpaired) electrons. The predicted octanol–water partition coefficient (Wildman–Crippen LogP) is 2.09. The zero-order valence-corrected chi connectivity index (χ0v) is 15.5. The molecule has 0 atom stereocenters. The normalized spacial score (nSPS) is 11.5. The van der Waals surface area contributed by atoms with E-state index in [-0.39, 0.29) is 11.3 Å². The van der Waals surface area contributed by atoms with Crippen LogP contribution in [0.3, 0.4) is 0 Å². The van der Waals surface area contributed by atoms with E-state index in [9.17, 15) is 13.2 Å². The van der Waals surface area contributed by atoms with Gasteiger partial charge >= 0.3 is 0 Å². The SMILES string of the molecule is Cc1cc(C)c(C)c(S(=O)(=O)NC(=O)CCc2cnn(C)c2)c1C. The van der Waals surface area contributed by atoms with Gasteiger partial charge in [0.05, 0.1) is 11.1 Å². The van der Waals surface area contributed by atoms with Gasteiger partial charge in [-0.3, -0.25) is 9.48 Å². The van der Waals surface area contributed by atoms with Crippen molar-refractivity contribution in [2.45, 2.75) is 45.4 Å². The topological polar surface area (TPSA) is 81.1 Å². The van der Waals surface area contributed by atoms with Crippen LogP contribution in [0.2, 0.25) is 0 Å². The smallest absolute Gasteiger partial charge is 0.264 e. The first-order valence-electron chi connectivity index (χ1n) is 7.72. The molecule has 1 aromatic carbocycles. The largest absolute Gasteiger partial charge is 0.276 e. The first-order valence-corrected chi connectivity index (χ1v) is 9.20. The van der Waals surface area contributed by atoms with Gasteiger partial charge in [-0.25, -0.2) is 13.1 Å². The van der Waals surface area contributed by atoms with Crippen LogP contribution < -0.4 is 4.72 Å². The molecule has 7 heteroatoms. The number of hydrogen-bond donors (Lipinski definition) is 1. The molecular weight excluding hydrogens is 326 g/mol. The van der Waals surface area contributed by atoms with E-state index in [0.717, 1.165) is 16.7 Å². The summed E-state index contributed by atoms with van der Waals surface area (Å²) < 4.78 is 29.1. The molecule has 0 saturated carbocycles. The van der Waals surface area contributed by atoms with Crippen molar-refractivity contribution in [3.05, 3.63) is 46.3 Å². The molecule has 6 nitrogen and oxygen atoms in total. The highest BCUT2D eigenvalue weighted by Gasteiger charge is 2.24. The number of rotatable bonds is 5. The predicted molar refractivity (Wildman–Crippen MR) is 92.2 cm³/mol. The molecule has 2 rings (SSSR count). The molecule has 0 unspecified atom stereocenters. The number of amides is 1. The monoisotopic (exact) mass is 349 g/mol. The average Bonchev–Trinajstić information content (AvgIpc) is 2.88. The number of benzene rings is 1. The highest BCUT2D eigenvalue weighted by atomic mass is 32.2. The third kappa shape index (κ3) is 3.84. The van der Waals surface area contributed by atoms with Crippen LogP contribution in [0.1, 0.15) is 34.2 Å². The minimum absolute atomic E-state index is 0.0911. The Kier molecular flexibility index (Phi) is 5.13. The lowest BCUT2D eigenvalue weighted by atomic mass is 10.0. The number of hydrogen-bond acceptors (Lipinski definition) is 4. The Hall–Kier alpha value is -2.15. The van der Waals surface area contributed by atoms with Crippen molar-refractivity contribution >= 4 is 15.9 Å². The minimum Gasteiger partial charge on any atom is -0.276 e. The summed E-state index contributed by atoms with van der Waals surface area (Å²) >= 11 is 0. The summed E-state index contributed by atoms with van der Waals surface area (Å²) in [4.78, 5) is 12.3. The number of sulfonamides is 1. The van der Waals surface area contributed by atoms with Gasteiger partial charge in [-0.1, -0.05) is 6.07 Å². The van der Waals surface area contributed by atoms with E-state index in [1.165, 1.54) is 0 Å². The van der Waals surface area contributed by atoms with E-state index >= 15 is 0 Å². The maximum Gasteiger partial charge on any atom is 0.264 e. The summed E-state index contributed by atoms with van der Waals surface area (Å²) in [6.07, 6.45) is 4.01. The number of aryl methyl sites for hydroxylation is 4. The molecule has 1 heterocycles. The molecule has 0 fully saturated rings. The number of nitrogens with one attached hydrogen (secondary N) is 1. The Morgan fingerprint density at radius 3 is 2.25 bits per heavy atom. The number of carbonyl (C=O) groups excluding carboxylic acids is 1. The standard InChI is InChI=1S/C17H23N3O3S/c1-11-8-12(2)14(4)17(13(11)3)24(22,23)19-16(21)7-6-15-9-18-20(5)10-15/h8-10H,6-7H2,1-5H3,(H,19,21). The van der Waals surface area contributed by atoms with Crippen LogP contribution in [0, 0.1) is 27.7 Å². The van der Waals surface area contributed by atoms with E-state index in [1.54, 1.807) is 38.0 Å². The Morgan fingerprint density at radius 1 is 1.17 bits per heavy atom. The average molecular weight is 349 g/mol. The van der Waals surface area contributed by atoms with Crippen molar-refractivity contribution < 1.29 is 13.2 Å². The summed E-state index contributed by atoms with van der Waals surface area (Å²) in [6, 6.07) is 1.95. The van der Waals surface area contributed by atoms with Crippen molar-refractivity contribution in [2.24, 2.45) is 7.05 Å². The lowest BCUT2D eigenvalue weighted by Gasteiger charge is -2.16. The molecule has 0 aliphatic rings. The van der Waals surface area contributed by atoms with Crippen molar-refractivity contribution in [3.63, 3.8) is 0 Å². The Bertz CT molecular complexity index is 856. The van der Waals surface area contributed by atoms with Crippen LogP contribution in [0.15, 0.2) is 23.4 Å². The zero-order valence-electron chi connectivity index (χ0n) is 14.7. The third-order valence-corrected chi connectivity index (χ3v) is 5.86. The Labute approximate surface area is 142 Å². The summed E-state index contributed by atoms with van der Waals surface area (Å²) in [5.74, 6) is -0.517. The second kappa shape index (κ2) is 6.76. The second-order valence-corrected chi connectivity index (χ2v) is 7.76.